The van der Waals surface area contributed by atoms with Crippen LogP contribution in [0, 0.1) is 0 Å². The molecule has 0 amide bonds. The number of nitrogens with two attached hydrogens (primary N) is 1. The molecule has 0 saturated carbocycles. The Hall–Kier alpha value is 0.679. The molecule has 0 heterocycles. The Labute approximate surface area is 119 Å². The van der Waals surface area contributed by atoms with Crippen molar-refractivity contribution in [3.8, 4) is 0 Å². The van der Waals surface area contributed by atoms with Crippen LogP contribution in [0.25, 0.3) is 0 Å². The van der Waals surface area contributed by atoms with Crippen LogP contribution in [0.3, 0.4) is 0 Å². The summed E-state index contributed by atoms with van der Waals surface area (Å²) in [5, 5.41) is 0. The fourth-order valence-electron chi connectivity index (χ4n) is 1.93. The van der Waals surface area contributed by atoms with Crippen molar-refractivity contribution in [3.63, 3.8) is 0 Å². The normalized spacial score (nSPS) is 18.3. The average Bonchev–Trinajstić information content (AvgIpc) is 2.34. The summed E-state index contributed by atoms with van der Waals surface area (Å²) < 4.78 is 13.7. The Balaban J connectivity index is 4.29. The van der Waals surface area contributed by atoms with E-state index in [2.05, 4.69) is 32.6 Å². The molecule has 0 aromatic rings. The molecular weight excluding hydrogens is 333 g/mol. The summed E-state index contributed by atoms with van der Waals surface area (Å²) in [5.74, 6) is 0. The minimum atomic E-state index is -2.81. The third kappa shape index (κ3) is 8.72. The summed E-state index contributed by atoms with van der Waals surface area (Å²) in [5.41, 5.74) is 5.54. The molecule has 3 nitrogen and oxygen atoms in total. The van der Waals surface area contributed by atoms with Gasteiger partial charge in [-0.25, -0.2) is 0 Å². The van der Waals surface area contributed by atoms with Crippen LogP contribution in [0.5, 0.6) is 0 Å². The van der Waals surface area contributed by atoms with Crippen molar-refractivity contribution in [1.82, 2.24) is 0 Å². The number of hydrogen-bond donors (Lipinski definition) is 1. The van der Waals surface area contributed by atoms with Crippen molar-refractivity contribution in [3.05, 3.63) is 0 Å². The number of hydrogen-bond acceptors (Lipinski definition) is 3. The van der Waals surface area contributed by atoms with Crippen LogP contribution < -0.4 is 5.73 Å². The van der Waals surface area contributed by atoms with E-state index in [4.69, 9.17) is 11.9 Å². The van der Waals surface area contributed by atoms with Gasteiger partial charge < -0.3 is 0 Å². The molecule has 2 N–H and O–H groups in total. The second kappa shape index (κ2) is 10.5. The third-order valence-corrected chi connectivity index (χ3v) is 12.1. The van der Waals surface area contributed by atoms with Gasteiger partial charge in [0.15, 0.2) is 0 Å². The van der Waals surface area contributed by atoms with Crippen LogP contribution in [0.1, 0.15) is 59.8 Å². The van der Waals surface area contributed by atoms with E-state index >= 15 is 0 Å². The van der Waals surface area contributed by atoms with Gasteiger partial charge in [0.25, 0.3) is 0 Å². The van der Waals surface area contributed by atoms with Crippen molar-refractivity contribution in [1.29, 1.82) is 0 Å². The molecule has 0 aliphatic rings. The van der Waals surface area contributed by atoms with E-state index in [1.807, 2.05) is 0 Å². The summed E-state index contributed by atoms with van der Waals surface area (Å²) >= 11 is -2.81. The van der Waals surface area contributed by atoms with E-state index in [0.29, 0.717) is 12.2 Å². The van der Waals surface area contributed by atoms with Crippen LogP contribution in [-0.4, -0.2) is 38.0 Å². The molecule has 0 rings (SSSR count). The maximum atomic E-state index is 6.30. The fraction of sp³-hybridized carbons (Fsp3) is 1.00. The van der Waals surface area contributed by atoms with Crippen LogP contribution in [0.15, 0.2) is 0 Å². The first-order valence-corrected chi connectivity index (χ1v) is 14.7. The van der Waals surface area contributed by atoms with Crippen molar-refractivity contribution in [2.24, 2.45) is 5.73 Å². The molecule has 0 spiro atoms. The topological polar surface area (TPSA) is 44.5 Å². The fourth-order valence-corrected chi connectivity index (χ4v) is 11.1. The van der Waals surface area contributed by atoms with Gasteiger partial charge in [-0.1, -0.05) is 0 Å². The predicted molar refractivity (Wildman–Crippen MR) is 81.0 cm³/mol. The van der Waals surface area contributed by atoms with E-state index in [1.54, 1.807) is 0 Å². The number of rotatable bonds is 11. The minimum absolute atomic E-state index is 0.337. The zero-order valence-electron chi connectivity index (χ0n) is 13.0. The molecule has 2 unspecified atom stereocenters. The van der Waals surface area contributed by atoms with Gasteiger partial charge in [0.05, 0.1) is 0 Å². The third-order valence-electron chi connectivity index (χ3n) is 3.39. The maximum absolute atomic E-state index is 6.30. The Morgan fingerprint density at radius 2 is 1.44 bits per heavy atom. The van der Waals surface area contributed by atoms with Gasteiger partial charge in [-0.3, -0.25) is 0 Å². The van der Waals surface area contributed by atoms with Gasteiger partial charge in [-0.05, 0) is 0 Å². The van der Waals surface area contributed by atoms with Gasteiger partial charge in [0.2, 0.25) is 0 Å². The van der Waals surface area contributed by atoms with Crippen molar-refractivity contribution in [2.75, 3.05) is 6.54 Å². The summed E-state index contributed by atoms with van der Waals surface area (Å²) in [6.45, 7) is 9.47. The van der Waals surface area contributed by atoms with Crippen LogP contribution in [-0.2, 0) is 6.15 Å². The summed E-state index contributed by atoms with van der Waals surface area (Å²) in [6.07, 6.45) is 6.34. The van der Waals surface area contributed by atoms with Crippen LogP contribution >= 0.6 is 0 Å². The van der Waals surface area contributed by atoms with E-state index < -0.39 is 19.2 Å². The van der Waals surface area contributed by atoms with Crippen molar-refractivity contribution >= 4 is 19.2 Å². The molecule has 2 atom stereocenters. The monoisotopic (exact) mass is 367 g/mol. The van der Waals surface area contributed by atoms with Crippen molar-refractivity contribution in [2.45, 2.75) is 81.4 Å². The van der Waals surface area contributed by atoms with E-state index in [9.17, 15) is 0 Å². The molecule has 4 heteroatoms. The van der Waals surface area contributed by atoms with Gasteiger partial charge in [0, 0.05) is 0 Å². The Morgan fingerprint density at radius 3 is 1.83 bits per heavy atom. The summed E-state index contributed by atoms with van der Waals surface area (Å²) in [6, 6.07) is 0. The molecule has 18 heavy (non-hydrogen) atoms. The van der Waals surface area contributed by atoms with Crippen LogP contribution in [0.4, 0.5) is 0 Å². The molecule has 0 fully saturated rings. The van der Waals surface area contributed by atoms with E-state index in [-0.39, 0.29) is 0 Å². The molecule has 0 aromatic heterocycles. The molecular formula is C14H33NO2Sn. The molecule has 0 aliphatic heterocycles. The van der Waals surface area contributed by atoms with Crippen molar-refractivity contribution < 1.29 is 6.15 Å². The molecule has 0 aliphatic carbocycles. The predicted octanol–water partition coefficient (Wildman–Crippen LogP) is 3.82. The zero-order chi connectivity index (χ0) is 14.0. The standard InChI is InChI=1S/C5H12N.2C4H9O.CH3.Sn/c1-2-3-4-5-6;2*1-3-4(2)5;;/h1-6H2;2*4H,3H2,1-2H3;1H3;/q;2*-1;;+2. The zero-order valence-corrected chi connectivity index (χ0v) is 15.9. The molecule has 0 aromatic carbocycles. The first-order chi connectivity index (χ1) is 8.47. The molecule has 0 bridgehead atoms. The second-order valence-electron chi connectivity index (χ2n) is 5.41. The first kappa shape index (κ1) is 18.7. The van der Waals surface area contributed by atoms with Gasteiger partial charge in [0.1, 0.15) is 0 Å². The van der Waals surface area contributed by atoms with Gasteiger partial charge in [-0.2, -0.15) is 0 Å². The van der Waals surface area contributed by atoms with Crippen LogP contribution in [0.2, 0.25) is 9.38 Å². The van der Waals surface area contributed by atoms with Gasteiger partial charge >= 0.3 is 119 Å². The SMILES string of the molecule is CCC(C)[O][Sn]([CH3])([CH2]CCCCN)[O]C(C)CC. The molecule has 0 radical (unpaired) electrons. The summed E-state index contributed by atoms with van der Waals surface area (Å²) in [7, 11) is 0. The first-order valence-electron chi connectivity index (χ1n) is 7.53. The Morgan fingerprint density at radius 1 is 0.944 bits per heavy atom. The Kier molecular flexibility index (Phi) is 10.9. The molecule has 0 saturated heterocycles. The second-order valence-corrected chi connectivity index (χ2v) is 14.7. The Bertz CT molecular complexity index is 190. The summed E-state index contributed by atoms with van der Waals surface area (Å²) in [4.78, 5) is 2.29. The molecule has 110 valence electrons. The van der Waals surface area contributed by atoms with E-state index in [1.165, 1.54) is 12.8 Å². The quantitative estimate of drug-likeness (QED) is 0.447. The number of unbranched alkanes of at least 4 members (excludes halogenated alkanes) is 2. The van der Waals surface area contributed by atoms with Gasteiger partial charge in [-0.15, -0.1) is 0 Å². The average molecular weight is 366 g/mol. The van der Waals surface area contributed by atoms with E-state index in [0.717, 1.165) is 30.2 Å².